The van der Waals surface area contributed by atoms with E-state index in [1.807, 2.05) is 4.90 Å². The Morgan fingerprint density at radius 2 is 1.83 bits per heavy atom. The number of nitrogens with one attached hydrogen (secondary N) is 2. The van der Waals surface area contributed by atoms with Crippen molar-refractivity contribution in [2.24, 2.45) is 0 Å². The second-order valence-electron chi connectivity index (χ2n) is 9.46. The van der Waals surface area contributed by atoms with E-state index in [2.05, 4.69) is 35.5 Å². The van der Waals surface area contributed by atoms with Gasteiger partial charge in [0.2, 0.25) is 5.95 Å². The van der Waals surface area contributed by atoms with Crippen LogP contribution in [0.15, 0.2) is 36.8 Å². The maximum absolute atomic E-state index is 15.9. The molecule has 0 atom stereocenters. The van der Waals surface area contributed by atoms with Crippen molar-refractivity contribution in [3.8, 4) is 22.4 Å². The standard InChI is InChI=1S/C28H30F2N8O3S/c1-3-31-27(40)36-28-35-24-22(30)18(14-19(25(24)42-28)23-20(29)6-5-8-32-23)17-15-33-26(34-16-17)38-12-10-37(11-13-38)9-7-21(39)41-4-2/h5-6,8,14-16H,3-4,7,9-13H2,1-2H3,(H2,31,35,36,40). The molecular weight excluding hydrogens is 566 g/mol. The quantitative estimate of drug-likeness (QED) is 0.272. The maximum atomic E-state index is 15.9. The Morgan fingerprint density at radius 1 is 1.07 bits per heavy atom. The summed E-state index contributed by atoms with van der Waals surface area (Å²) in [4.78, 5) is 45.4. The van der Waals surface area contributed by atoms with Crippen molar-refractivity contribution in [2.75, 3.05) is 56.1 Å². The molecule has 0 saturated carbocycles. The number of esters is 1. The SMILES string of the molecule is CCNC(=O)Nc1nc2c(F)c(-c3cnc(N4CCN(CCC(=O)OCC)CC4)nc3)cc(-c3ncccc3F)c2s1. The molecule has 1 aliphatic heterocycles. The number of thiazole rings is 1. The van der Waals surface area contributed by atoms with Crippen LogP contribution in [-0.4, -0.2) is 82.7 Å². The summed E-state index contributed by atoms with van der Waals surface area (Å²) in [6.45, 7) is 7.79. The van der Waals surface area contributed by atoms with Gasteiger partial charge in [0.25, 0.3) is 0 Å². The fourth-order valence-electron chi connectivity index (χ4n) is 4.66. The zero-order chi connectivity index (χ0) is 29.6. The number of pyridine rings is 1. The summed E-state index contributed by atoms with van der Waals surface area (Å²) in [5, 5.41) is 5.37. The number of nitrogens with zero attached hydrogens (tertiary/aromatic N) is 6. The number of anilines is 2. The molecule has 2 N–H and O–H groups in total. The molecule has 0 radical (unpaired) electrons. The molecule has 1 aliphatic rings. The van der Waals surface area contributed by atoms with E-state index in [9.17, 15) is 14.0 Å². The molecule has 0 spiro atoms. The van der Waals surface area contributed by atoms with Crippen LogP contribution in [0.5, 0.6) is 0 Å². The number of hydrogen-bond acceptors (Lipinski definition) is 10. The molecule has 11 nitrogen and oxygen atoms in total. The lowest BCUT2D eigenvalue weighted by Crippen LogP contribution is -2.47. The molecule has 4 aromatic rings. The Balaban J connectivity index is 1.40. The summed E-state index contributed by atoms with van der Waals surface area (Å²) < 4.78 is 36.1. The van der Waals surface area contributed by atoms with Crippen LogP contribution in [0.25, 0.3) is 32.6 Å². The molecule has 220 valence electrons. The lowest BCUT2D eigenvalue weighted by Gasteiger charge is -2.34. The average molecular weight is 597 g/mol. The molecule has 42 heavy (non-hydrogen) atoms. The molecule has 4 heterocycles. The third-order valence-electron chi connectivity index (χ3n) is 6.72. The number of fused-ring (bicyclic) bond motifs is 1. The van der Waals surface area contributed by atoms with Crippen LogP contribution in [0.3, 0.4) is 0 Å². The van der Waals surface area contributed by atoms with E-state index in [0.29, 0.717) is 61.0 Å². The van der Waals surface area contributed by atoms with E-state index in [1.54, 1.807) is 13.8 Å². The number of halogens is 2. The van der Waals surface area contributed by atoms with Gasteiger partial charge in [0.1, 0.15) is 17.0 Å². The van der Waals surface area contributed by atoms with E-state index in [4.69, 9.17) is 4.74 Å². The van der Waals surface area contributed by atoms with Crippen LogP contribution in [0, 0.1) is 11.6 Å². The first-order valence-corrected chi connectivity index (χ1v) is 14.4. The third kappa shape index (κ3) is 6.44. The largest absolute Gasteiger partial charge is 0.466 e. The number of carbonyl (C=O) groups is 2. The number of benzene rings is 1. The van der Waals surface area contributed by atoms with Gasteiger partial charge in [-0.25, -0.2) is 28.5 Å². The monoisotopic (exact) mass is 596 g/mol. The molecule has 0 bridgehead atoms. The zero-order valence-corrected chi connectivity index (χ0v) is 24.0. The minimum absolute atomic E-state index is 0.0210. The van der Waals surface area contributed by atoms with Gasteiger partial charge in [-0.05, 0) is 32.0 Å². The van der Waals surface area contributed by atoms with Crippen molar-refractivity contribution in [1.29, 1.82) is 0 Å². The number of urea groups is 1. The first-order valence-electron chi connectivity index (χ1n) is 13.6. The second kappa shape index (κ2) is 13.1. The van der Waals surface area contributed by atoms with Gasteiger partial charge >= 0.3 is 12.0 Å². The highest BCUT2D eigenvalue weighted by Gasteiger charge is 2.24. The van der Waals surface area contributed by atoms with Gasteiger partial charge < -0.3 is 15.0 Å². The fourth-order valence-corrected chi connectivity index (χ4v) is 5.63. The van der Waals surface area contributed by atoms with Crippen molar-refractivity contribution in [2.45, 2.75) is 20.3 Å². The molecule has 1 aromatic carbocycles. The molecular formula is C28H30F2N8O3S. The summed E-state index contributed by atoms with van der Waals surface area (Å²) in [6, 6.07) is 3.78. The Kier molecular flexibility index (Phi) is 9.12. The number of rotatable bonds is 9. The van der Waals surface area contributed by atoms with Crippen LogP contribution in [0.2, 0.25) is 0 Å². The average Bonchev–Trinajstić information content (AvgIpc) is 3.42. The Labute approximate surface area is 245 Å². The van der Waals surface area contributed by atoms with Gasteiger partial charge in [-0.15, -0.1) is 0 Å². The fraction of sp³-hybridized carbons (Fsp3) is 0.357. The highest BCUT2D eigenvalue weighted by Crippen LogP contribution is 2.41. The highest BCUT2D eigenvalue weighted by molar-refractivity contribution is 7.22. The van der Waals surface area contributed by atoms with Crippen molar-refractivity contribution in [3.63, 3.8) is 0 Å². The van der Waals surface area contributed by atoms with Crippen LogP contribution in [-0.2, 0) is 9.53 Å². The summed E-state index contributed by atoms with van der Waals surface area (Å²) in [5.41, 5.74) is 0.870. The summed E-state index contributed by atoms with van der Waals surface area (Å²) in [7, 11) is 0. The number of amides is 2. The van der Waals surface area contributed by atoms with Crippen molar-refractivity contribution >= 4 is 44.6 Å². The third-order valence-corrected chi connectivity index (χ3v) is 7.72. The van der Waals surface area contributed by atoms with Gasteiger partial charge in [-0.3, -0.25) is 20.0 Å². The van der Waals surface area contributed by atoms with Gasteiger partial charge in [0.15, 0.2) is 10.9 Å². The number of aromatic nitrogens is 4. The van der Waals surface area contributed by atoms with Crippen molar-refractivity contribution in [1.82, 2.24) is 30.2 Å². The van der Waals surface area contributed by atoms with Gasteiger partial charge in [-0.1, -0.05) is 11.3 Å². The van der Waals surface area contributed by atoms with Crippen molar-refractivity contribution in [3.05, 3.63) is 48.4 Å². The lowest BCUT2D eigenvalue weighted by atomic mass is 10.0. The topological polar surface area (TPSA) is 125 Å². The summed E-state index contributed by atoms with van der Waals surface area (Å²) in [6.07, 6.45) is 4.86. The van der Waals surface area contributed by atoms with Crippen molar-refractivity contribution < 1.29 is 23.1 Å². The van der Waals surface area contributed by atoms with Crippen LogP contribution in [0.1, 0.15) is 20.3 Å². The molecule has 5 rings (SSSR count). The summed E-state index contributed by atoms with van der Waals surface area (Å²) in [5.74, 6) is -0.915. The first-order chi connectivity index (χ1) is 20.4. The number of carbonyl (C=O) groups excluding carboxylic acids is 2. The maximum Gasteiger partial charge on any atom is 0.321 e. The smallest absolute Gasteiger partial charge is 0.321 e. The highest BCUT2D eigenvalue weighted by atomic mass is 32.1. The predicted octanol–water partition coefficient (Wildman–Crippen LogP) is 4.31. The molecule has 0 unspecified atom stereocenters. The minimum atomic E-state index is -0.642. The minimum Gasteiger partial charge on any atom is -0.466 e. The Morgan fingerprint density at radius 3 is 2.52 bits per heavy atom. The number of piperazine rings is 1. The van der Waals surface area contributed by atoms with Crippen LogP contribution >= 0.6 is 11.3 Å². The van der Waals surface area contributed by atoms with E-state index < -0.39 is 17.7 Å². The first kappa shape index (κ1) is 29.2. The van der Waals surface area contributed by atoms with Gasteiger partial charge in [0, 0.05) is 74.5 Å². The van der Waals surface area contributed by atoms with E-state index in [0.717, 1.165) is 24.4 Å². The number of hydrogen-bond donors (Lipinski definition) is 2. The number of ether oxygens (including phenoxy) is 1. The Hall–Kier alpha value is -4.30. The van der Waals surface area contributed by atoms with E-state index in [-0.39, 0.29) is 27.9 Å². The predicted molar refractivity (Wildman–Crippen MR) is 156 cm³/mol. The molecule has 0 aliphatic carbocycles. The summed E-state index contributed by atoms with van der Waals surface area (Å²) >= 11 is 1.03. The van der Waals surface area contributed by atoms with Gasteiger partial charge in [0.05, 0.1) is 17.7 Å². The second-order valence-corrected chi connectivity index (χ2v) is 10.5. The van der Waals surface area contributed by atoms with E-state index in [1.165, 1.54) is 36.8 Å². The molecule has 2 amide bonds. The lowest BCUT2D eigenvalue weighted by molar-refractivity contribution is -0.143. The molecule has 3 aromatic heterocycles. The normalized spacial score (nSPS) is 13.8. The van der Waals surface area contributed by atoms with Crippen LogP contribution in [0.4, 0.5) is 24.7 Å². The van der Waals surface area contributed by atoms with Gasteiger partial charge in [-0.2, -0.15) is 0 Å². The molecule has 14 heteroatoms. The zero-order valence-electron chi connectivity index (χ0n) is 23.2. The van der Waals surface area contributed by atoms with E-state index >= 15 is 4.39 Å². The molecule has 1 saturated heterocycles. The Bertz CT molecular complexity index is 1580. The molecule has 1 fully saturated rings. The van der Waals surface area contributed by atoms with Crippen LogP contribution < -0.4 is 15.5 Å².